The van der Waals surface area contributed by atoms with E-state index in [4.69, 9.17) is 0 Å². The summed E-state index contributed by atoms with van der Waals surface area (Å²) in [4.78, 5) is 17.1. The van der Waals surface area contributed by atoms with Gasteiger partial charge in [0.2, 0.25) is 0 Å². The van der Waals surface area contributed by atoms with Gasteiger partial charge in [0.15, 0.2) is 5.65 Å². The normalized spacial score (nSPS) is 22.1. The van der Waals surface area contributed by atoms with Crippen LogP contribution in [0.3, 0.4) is 0 Å². The van der Waals surface area contributed by atoms with Crippen molar-refractivity contribution >= 4 is 11.6 Å². The molecule has 0 aliphatic carbocycles. The highest BCUT2D eigenvalue weighted by Crippen LogP contribution is 2.27. The van der Waals surface area contributed by atoms with Gasteiger partial charge in [0, 0.05) is 37.8 Å². The van der Waals surface area contributed by atoms with E-state index >= 15 is 0 Å². The fraction of sp³-hybridized carbons (Fsp3) is 0.611. The number of likely N-dealkylation sites (tertiary alicyclic amines) is 2. The highest BCUT2D eigenvalue weighted by Gasteiger charge is 2.29. The Morgan fingerprint density at radius 2 is 1.96 bits per heavy atom. The molecule has 0 saturated carbocycles. The van der Waals surface area contributed by atoms with Gasteiger partial charge < -0.3 is 9.80 Å². The quantitative estimate of drug-likeness (QED) is 0.867. The summed E-state index contributed by atoms with van der Waals surface area (Å²) in [6.45, 7) is 8.33. The zero-order valence-corrected chi connectivity index (χ0v) is 14.5. The molecule has 4 rings (SSSR count). The lowest BCUT2D eigenvalue weighted by molar-refractivity contribution is 0.0792. The third-order valence-electron chi connectivity index (χ3n) is 5.38. The minimum Gasteiger partial charge on any atom is -0.339 e. The van der Waals surface area contributed by atoms with Crippen LogP contribution in [0.15, 0.2) is 18.3 Å². The molecular formula is C18H25N5O. The molecule has 1 atom stereocenters. The summed E-state index contributed by atoms with van der Waals surface area (Å²) in [5.74, 6) is 1.51. The van der Waals surface area contributed by atoms with Gasteiger partial charge in [-0.3, -0.25) is 9.20 Å². The van der Waals surface area contributed by atoms with Crippen molar-refractivity contribution in [3.05, 3.63) is 29.7 Å². The van der Waals surface area contributed by atoms with E-state index in [0.717, 1.165) is 62.5 Å². The maximum atomic E-state index is 12.7. The predicted octanol–water partition coefficient (Wildman–Crippen LogP) is 2.16. The number of rotatable bonds is 3. The summed E-state index contributed by atoms with van der Waals surface area (Å²) < 4.78 is 2.03. The smallest absolute Gasteiger partial charge is 0.255 e. The van der Waals surface area contributed by atoms with Crippen LogP contribution in [0.1, 0.15) is 55.2 Å². The van der Waals surface area contributed by atoms with Crippen LogP contribution < -0.4 is 0 Å². The summed E-state index contributed by atoms with van der Waals surface area (Å²) >= 11 is 0. The SMILES string of the molecule is CC(C)N1CCC(c2nnc3ccc(C(=O)N4CCCC4)cn23)C1. The maximum absolute atomic E-state index is 12.7. The zero-order chi connectivity index (χ0) is 16.7. The third kappa shape index (κ3) is 2.69. The minimum atomic E-state index is 0.129. The van der Waals surface area contributed by atoms with E-state index in [1.54, 1.807) is 0 Å². The molecule has 0 spiro atoms. The number of carbonyl (C=O) groups is 1. The molecule has 128 valence electrons. The van der Waals surface area contributed by atoms with Gasteiger partial charge in [-0.1, -0.05) is 0 Å². The lowest BCUT2D eigenvalue weighted by Crippen LogP contribution is -2.28. The van der Waals surface area contributed by atoms with Gasteiger partial charge in [-0.05, 0) is 51.8 Å². The predicted molar refractivity (Wildman–Crippen MR) is 92.2 cm³/mol. The monoisotopic (exact) mass is 327 g/mol. The molecule has 2 saturated heterocycles. The van der Waals surface area contributed by atoms with Crippen LogP contribution in [0.4, 0.5) is 0 Å². The van der Waals surface area contributed by atoms with Crippen molar-refractivity contribution in [2.75, 3.05) is 26.2 Å². The van der Waals surface area contributed by atoms with Crippen molar-refractivity contribution in [1.82, 2.24) is 24.4 Å². The van der Waals surface area contributed by atoms with Crippen LogP contribution in [-0.4, -0.2) is 62.5 Å². The molecule has 1 unspecified atom stereocenters. The van der Waals surface area contributed by atoms with E-state index in [1.165, 1.54) is 0 Å². The summed E-state index contributed by atoms with van der Waals surface area (Å²) in [7, 11) is 0. The number of hydrogen-bond donors (Lipinski definition) is 0. The molecule has 24 heavy (non-hydrogen) atoms. The van der Waals surface area contributed by atoms with Gasteiger partial charge >= 0.3 is 0 Å². The molecule has 2 aromatic heterocycles. The molecule has 6 nitrogen and oxygen atoms in total. The Bertz CT molecular complexity index is 747. The summed E-state index contributed by atoms with van der Waals surface area (Å²) in [6, 6.07) is 4.35. The highest BCUT2D eigenvalue weighted by molar-refractivity contribution is 5.94. The average Bonchev–Trinajstić information content (AvgIpc) is 3.31. The van der Waals surface area contributed by atoms with Gasteiger partial charge in [0.1, 0.15) is 5.82 Å². The van der Waals surface area contributed by atoms with Crippen LogP contribution in [0.5, 0.6) is 0 Å². The topological polar surface area (TPSA) is 53.7 Å². The van der Waals surface area contributed by atoms with E-state index < -0.39 is 0 Å². The Kier molecular flexibility index (Phi) is 4.00. The molecular weight excluding hydrogens is 302 g/mol. The Morgan fingerprint density at radius 1 is 1.17 bits per heavy atom. The number of fused-ring (bicyclic) bond motifs is 1. The van der Waals surface area contributed by atoms with Crippen molar-refractivity contribution in [2.45, 2.75) is 45.1 Å². The first-order chi connectivity index (χ1) is 11.6. The number of amides is 1. The number of aromatic nitrogens is 3. The number of carbonyl (C=O) groups excluding carboxylic acids is 1. The Hall–Kier alpha value is -1.95. The lowest BCUT2D eigenvalue weighted by Gasteiger charge is -2.19. The van der Waals surface area contributed by atoms with E-state index in [-0.39, 0.29) is 5.91 Å². The second-order valence-electron chi connectivity index (χ2n) is 7.28. The Labute approximate surface area is 142 Å². The van der Waals surface area contributed by atoms with E-state index in [2.05, 4.69) is 28.9 Å². The van der Waals surface area contributed by atoms with Gasteiger partial charge in [-0.15, -0.1) is 10.2 Å². The zero-order valence-electron chi connectivity index (χ0n) is 14.5. The summed E-state index contributed by atoms with van der Waals surface area (Å²) in [6.07, 6.45) is 5.25. The third-order valence-corrected chi connectivity index (χ3v) is 5.38. The molecule has 2 aliphatic rings. The number of pyridine rings is 1. The molecule has 1 amide bonds. The van der Waals surface area contributed by atoms with Crippen molar-refractivity contribution in [3.63, 3.8) is 0 Å². The van der Waals surface area contributed by atoms with E-state index in [9.17, 15) is 4.79 Å². The second-order valence-corrected chi connectivity index (χ2v) is 7.28. The molecule has 0 radical (unpaired) electrons. The Balaban J connectivity index is 1.63. The van der Waals surface area contributed by atoms with Gasteiger partial charge in [-0.25, -0.2) is 0 Å². The second kappa shape index (κ2) is 6.16. The minimum absolute atomic E-state index is 0.129. The van der Waals surface area contributed by atoms with E-state index in [1.807, 2.05) is 27.6 Å². The molecule has 2 aliphatic heterocycles. The standard InChI is InChI=1S/C18H25N5O/c1-13(2)22-10-7-14(11-22)17-20-19-16-6-5-15(12-23(16)17)18(24)21-8-3-4-9-21/h5-6,12-14H,3-4,7-11H2,1-2H3. The van der Waals surface area contributed by atoms with Crippen LogP contribution in [0.2, 0.25) is 0 Å². The van der Waals surface area contributed by atoms with Gasteiger partial charge in [0.05, 0.1) is 5.56 Å². The van der Waals surface area contributed by atoms with E-state index in [0.29, 0.717) is 12.0 Å². The fourth-order valence-electron chi connectivity index (χ4n) is 3.88. The molecule has 2 fully saturated rings. The van der Waals surface area contributed by atoms with Crippen molar-refractivity contribution < 1.29 is 4.79 Å². The Morgan fingerprint density at radius 3 is 2.67 bits per heavy atom. The van der Waals surface area contributed by atoms with Crippen LogP contribution in [0.25, 0.3) is 5.65 Å². The molecule has 2 aromatic rings. The van der Waals surface area contributed by atoms with Gasteiger partial charge in [0.25, 0.3) is 5.91 Å². The number of hydrogen-bond acceptors (Lipinski definition) is 4. The fourth-order valence-corrected chi connectivity index (χ4v) is 3.88. The van der Waals surface area contributed by atoms with Crippen molar-refractivity contribution in [3.8, 4) is 0 Å². The average molecular weight is 327 g/mol. The maximum Gasteiger partial charge on any atom is 0.255 e. The summed E-state index contributed by atoms with van der Waals surface area (Å²) in [5, 5.41) is 8.73. The van der Waals surface area contributed by atoms with Crippen LogP contribution in [0, 0.1) is 0 Å². The molecule has 0 aromatic carbocycles. The largest absolute Gasteiger partial charge is 0.339 e. The first-order valence-electron chi connectivity index (χ1n) is 9.01. The molecule has 0 N–H and O–H groups in total. The lowest BCUT2D eigenvalue weighted by atomic mass is 10.1. The summed E-state index contributed by atoms with van der Waals surface area (Å²) in [5.41, 5.74) is 1.56. The first kappa shape index (κ1) is 15.6. The molecule has 4 heterocycles. The van der Waals surface area contributed by atoms with Gasteiger partial charge in [-0.2, -0.15) is 0 Å². The first-order valence-corrected chi connectivity index (χ1v) is 9.01. The number of nitrogens with zero attached hydrogens (tertiary/aromatic N) is 5. The molecule has 0 bridgehead atoms. The van der Waals surface area contributed by atoms with Crippen LogP contribution in [-0.2, 0) is 0 Å². The van der Waals surface area contributed by atoms with Crippen molar-refractivity contribution in [1.29, 1.82) is 0 Å². The highest BCUT2D eigenvalue weighted by atomic mass is 16.2. The molecule has 6 heteroatoms. The van der Waals surface area contributed by atoms with Crippen molar-refractivity contribution in [2.24, 2.45) is 0 Å². The van der Waals surface area contributed by atoms with Crippen LogP contribution >= 0.6 is 0 Å².